The number of aryl methyl sites for hydroxylation is 1. The highest BCUT2D eigenvalue weighted by atomic mass is 32.2. The van der Waals surface area contributed by atoms with Crippen LogP contribution in [-0.4, -0.2) is 30.2 Å². The molecule has 0 aliphatic heterocycles. The Morgan fingerprint density at radius 3 is 2.17 bits per heavy atom. The monoisotopic (exact) mass is 294 g/mol. The Kier molecular flexibility index (Phi) is 3.89. The van der Waals surface area contributed by atoms with Gasteiger partial charge in [0.25, 0.3) is 0 Å². The molecule has 9 heteroatoms. The van der Waals surface area contributed by atoms with E-state index in [0.29, 0.717) is 5.56 Å². The number of ether oxygens (including phenoxy) is 1. The highest BCUT2D eigenvalue weighted by Crippen LogP contribution is 2.33. The molecular formula is C9H14N2O5S2. The predicted molar refractivity (Wildman–Crippen MR) is 67.6 cm³/mol. The summed E-state index contributed by atoms with van der Waals surface area (Å²) in [6.07, 6.45) is 0.950. The van der Waals surface area contributed by atoms with Gasteiger partial charge in [-0.05, 0) is 24.6 Å². The van der Waals surface area contributed by atoms with E-state index in [2.05, 4.69) is 4.72 Å². The molecule has 0 unspecified atom stereocenters. The van der Waals surface area contributed by atoms with E-state index in [1.807, 2.05) is 0 Å². The molecule has 0 heterocycles. The van der Waals surface area contributed by atoms with Crippen LogP contribution in [0.3, 0.4) is 0 Å². The van der Waals surface area contributed by atoms with E-state index >= 15 is 0 Å². The lowest BCUT2D eigenvalue weighted by molar-refractivity contribution is 0.405. The number of methoxy groups -OCH3 is 1. The molecule has 0 saturated heterocycles. The fourth-order valence-electron chi connectivity index (χ4n) is 1.44. The van der Waals surface area contributed by atoms with Crippen molar-refractivity contribution in [3.63, 3.8) is 0 Å². The smallest absolute Gasteiger partial charge is 0.241 e. The first-order valence-corrected chi connectivity index (χ1v) is 8.17. The van der Waals surface area contributed by atoms with Crippen LogP contribution in [0, 0.1) is 6.92 Å². The number of primary sulfonamides is 1. The summed E-state index contributed by atoms with van der Waals surface area (Å²) in [5.41, 5.74) is 0.565. The molecule has 0 bridgehead atoms. The fourth-order valence-corrected chi connectivity index (χ4v) is 2.79. The molecule has 1 rings (SSSR count). The van der Waals surface area contributed by atoms with Gasteiger partial charge < -0.3 is 4.74 Å². The molecule has 0 amide bonds. The second-order valence-corrected chi connectivity index (χ2v) is 7.04. The highest BCUT2D eigenvalue weighted by molar-refractivity contribution is 7.92. The van der Waals surface area contributed by atoms with E-state index in [9.17, 15) is 16.8 Å². The minimum absolute atomic E-state index is 0.0315. The Balaban J connectivity index is 3.58. The standard InChI is InChI=1S/C9H14N2O5S2/c1-6-4-7(11-17(3,12)13)9(16-2)8(5-6)18(10,14)15/h4-5,11H,1-3H3,(H2,10,14,15). The van der Waals surface area contributed by atoms with E-state index < -0.39 is 20.0 Å². The average Bonchev–Trinajstić information content (AvgIpc) is 2.12. The summed E-state index contributed by atoms with van der Waals surface area (Å²) in [7, 11) is -6.33. The van der Waals surface area contributed by atoms with Gasteiger partial charge in [0.2, 0.25) is 20.0 Å². The molecule has 0 aliphatic rings. The third kappa shape index (κ3) is 3.59. The van der Waals surface area contributed by atoms with Crippen molar-refractivity contribution in [3.8, 4) is 5.75 Å². The number of rotatable bonds is 4. The SMILES string of the molecule is COc1c(NS(C)(=O)=O)cc(C)cc1S(N)(=O)=O. The van der Waals surface area contributed by atoms with Crippen molar-refractivity contribution in [2.24, 2.45) is 5.14 Å². The Hall–Kier alpha value is -1.32. The minimum Gasteiger partial charge on any atom is -0.493 e. The van der Waals surface area contributed by atoms with Gasteiger partial charge in [-0.2, -0.15) is 0 Å². The van der Waals surface area contributed by atoms with E-state index in [4.69, 9.17) is 9.88 Å². The van der Waals surface area contributed by atoms with Crippen LogP contribution in [-0.2, 0) is 20.0 Å². The van der Waals surface area contributed by atoms with Crippen LogP contribution < -0.4 is 14.6 Å². The van der Waals surface area contributed by atoms with E-state index in [0.717, 1.165) is 6.26 Å². The largest absolute Gasteiger partial charge is 0.493 e. The lowest BCUT2D eigenvalue weighted by atomic mass is 10.2. The summed E-state index contributed by atoms with van der Waals surface area (Å²) in [5.74, 6) is -0.131. The Morgan fingerprint density at radius 2 is 1.78 bits per heavy atom. The summed E-state index contributed by atoms with van der Waals surface area (Å²) in [5, 5.41) is 5.05. The number of hydrogen-bond acceptors (Lipinski definition) is 5. The van der Waals surface area contributed by atoms with Gasteiger partial charge >= 0.3 is 0 Å². The summed E-state index contributed by atoms with van der Waals surface area (Å²) in [6.45, 7) is 1.61. The quantitative estimate of drug-likeness (QED) is 0.812. The number of sulfonamides is 2. The zero-order valence-electron chi connectivity index (χ0n) is 10.1. The highest BCUT2D eigenvalue weighted by Gasteiger charge is 2.20. The van der Waals surface area contributed by atoms with Crippen molar-refractivity contribution < 1.29 is 21.6 Å². The molecule has 18 heavy (non-hydrogen) atoms. The number of benzene rings is 1. The zero-order valence-corrected chi connectivity index (χ0v) is 11.7. The molecule has 0 saturated carbocycles. The van der Waals surface area contributed by atoms with Crippen LogP contribution >= 0.6 is 0 Å². The second kappa shape index (κ2) is 4.75. The normalized spacial score (nSPS) is 12.2. The number of anilines is 1. The molecule has 1 aromatic rings. The van der Waals surface area contributed by atoms with Crippen LogP contribution in [0.2, 0.25) is 0 Å². The molecule has 0 aliphatic carbocycles. The van der Waals surface area contributed by atoms with Gasteiger partial charge in [-0.3, -0.25) is 4.72 Å². The van der Waals surface area contributed by atoms with Crippen LogP contribution in [0.1, 0.15) is 5.56 Å². The molecular weight excluding hydrogens is 280 g/mol. The molecule has 1 aromatic carbocycles. The van der Waals surface area contributed by atoms with E-state index in [1.54, 1.807) is 6.92 Å². The first kappa shape index (κ1) is 14.7. The summed E-state index contributed by atoms with van der Waals surface area (Å²) in [6, 6.07) is 2.76. The van der Waals surface area contributed by atoms with Crippen molar-refractivity contribution >= 4 is 25.7 Å². The lowest BCUT2D eigenvalue weighted by Crippen LogP contribution is -2.16. The Labute approximate surface area is 106 Å². The third-order valence-corrected chi connectivity index (χ3v) is 3.51. The Morgan fingerprint density at radius 1 is 1.22 bits per heavy atom. The van der Waals surface area contributed by atoms with Gasteiger partial charge in [0, 0.05) is 0 Å². The topological polar surface area (TPSA) is 116 Å². The molecule has 0 spiro atoms. The molecule has 0 fully saturated rings. The van der Waals surface area contributed by atoms with Crippen molar-refractivity contribution in [3.05, 3.63) is 17.7 Å². The molecule has 7 nitrogen and oxygen atoms in total. The van der Waals surface area contributed by atoms with E-state index in [1.165, 1.54) is 19.2 Å². The first-order valence-electron chi connectivity index (χ1n) is 4.74. The number of hydrogen-bond donors (Lipinski definition) is 2. The molecule has 3 N–H and O–H groups in total. The number of nitrogens with one attached hydrogen (secondary N) is 1. The van der Waals surface area contributed by atoms with Gasteiger partial charge in [0.05, 0.1) is 19.1 Å². The maximum absolute atomic E-state index is 11.4. The molecule has 0 radical (unpaired) electrons. The molecule has 102 valence electrons. The summed E-state index contributed by atoms with van der Waals surface area (Å²) >= 11 is 0. The summed E-state index contributed by atoms with van der Waals surface area (Å²) < 4.78 is 52.3. The van der Waals surface area contributed by atoms with Crippen LogP contribution in [0.4, 0.5) is 5.69 Å². The van der Waals surface area contributed by atoms with Gasteiger partial charge in [0.15, 0.2) is 5.75 Å². The maximum Gasteiger partial charge on any atom is 0.241 e. The van der Waals surface area contributed by atoms with Gasteiger partial charge in [-0.15, -0.1) is 0 Å². The predicted octanol–water partition coefficient (Wildman–Crippen LogP) is 0.0225. The summed E-state index contributed by atoms with van der Waals surface area (Å²) in [4.78, 5) is -0.267. The van der Waals surface area contributed by atoms with Crippen LogP contribution in [0.5, 0.6) is 5.75 Å². The van der Waals surface area contributed by atoms with Gasteiger partial charge in [-0.1, -0.05) is 0 Å². The van der Waals surface area contributed by atoms with Crippen molar-refractivity contribution in [2.45, 2.75) is 11.8 Å². The minimum atomic E-state index is -4.01. The first-order chi connectivity index (χ1) is 8.04. The second-order valence-electron chi connectivity index (χ2n) is 3.76. The van der Waals surface area contributed by atoms with E-state index in [-0.39, 0.29) is 16.3 Å². The van der Waals surface area contributed by atoms with Crippen molar-refractivity contribution in [1.29, 1.82) is 0 Å². The van der Waals surface area contributed by atoms with Crippen LogP contribution in [0.15, 0.2) is 17.0 Å². The third-order valence-electron chi connectivity index (χ3n) is 2.01. The molecule has 0 atom stereocenters. The lowest BCUT2D eigenvalue weighted by Gasteiger charge is -2.14. The fraction of sp³-hybridized carbons (Fsp3) is 0.333. The number of nitrogens with two attached hydrogens (primary N) is 1. The zero-order chi connectivity index (χ0) is 14.1. The van der Waals surface area contributed by atoms with Crippen LogP contribution in [0.25, 0.3) is 0 Å². The average molecular weight is 294 g/mol. The van der Waals surface area contributed by atoms with Crippen molar-refractivity contribution in [1.82, 2.24) is 0 Å². The molecule has 0 aromatic heterocycles. The van der Waals surface area contributed by atoms with Crippen molar-refractivity contribution in [2.75, 3.05) is 18.1 Å². The van der Waals surface area contributed by atoms with Gasteiger partial charge in [-0.25, -0.2) is 22.0 Å². The van der Waals surface area contributed by atoms with Gasteiger partial charge in [0.1, 0.15) is 4.90 Å². The maximum atomic E-state index is 11.4. The Bertz CT molecular complexity index is 664.